The summed E-state index contributed by atoms with van der Waals surface area (Å²) in [5.41, 5.74) is 6.87. The summed E-state index contributed by atoms with van der Waals surface area (Å²) < 4.78 is 5.90. The molecule has 1 aliphatic carbocycles. The van der Waals surface area contributed by atoms with Gasteiger partial charge < -0.3 is 21.1 Å². The molecule has 3 rings (SSSR count). The molecule has 1 saturated carbocycles. The lowest BCUT2D eigenvalue weighted by atomic mass is 9.89. The number of halogens is 1. The van der Waals surface area contributed by atoms with Crippen molar-refractivity contribution in [1.29, 1.82) is 0 Å². The van der Waals surface area contributed by atoms with Gasteiger partial charge in [-0.3, -0.25) is 9.79 Å². The number of esters is 1. The van der Waals surface area contributed by atoms with Gasteiger partial charge in [0.25, 0.3) is 0 Å². The van der Waals surface area contributed by atoms with Gasteiger partial charge in [0.1, 0.15) is 5.82 Å². The fourth-order valence-corrected chi connectivity index (χ4v) is 3.20. The summed E-state index contributed by atoms with van der Waals surface area (Å²) in [5, 5.41) is 6.35. The summed E-state index contributed by atoms with van der Waals surface area (Å²) >= 11 is 3.43. The minimum atomic E-state index is -0.563. The number of rotatable bonds is 8. The highest BCUT2D eigenvalue weighted by atomic mass is 79.9. The molecule has 1 aromatic heterocycles. The maximum absolute atomic E-state index is 12.0. The summed E-state index contributed by atoms with van der Waals surface area (Å²) in [6, 6.07) is 0. The van der Waals surface area contributed by atoms with Crippen molar-refractivity contribution in [2.24, 2.45) is 22.1 Å². The quantitative estimate of drug-likeness (QED) is 0.423. The van der Waals surface area contributed by atoms with E-state index in [1.807, 2.05) is 13.8 Å². The molecule has 4 N–H and O–H groups in total. The number of carbonyl (C=O) groups is 1. The zero-order chi connectivity index (χ0) is 19.4. The van der Waals surface area contributed by atoms with Crippen LogP contribution in [0.15, 0.2) is 27.6 Å². The van der Waals surface area contributed by atoms with Gasteiger partial charge in [-0.05, 0) is 49.0 Å². The predicted octanol–water partition coefficient (Wildman–Crippen LogP) is 2.69. The average Bonchev–Trinajstić information content (AvgIpc) is 3.43. The number of nitrogens with one attached hydrogen (secondary N) is 2. The van der Waals surface area contributed by atoms with Crippen LogP contribution in [0.25, 0.3) is 0 Å². The molecular weight excluding hydrogens is 412 g/mol. The standard InChI is InChI=1S/C18H25BrN6O2/c1-3-21-15-12(19)9-22-17(25-15)24-13(8-20)14(11-4-5-11)23-10-18(2)6-7-27-16(18)26/h8-9,11H,3-7,10,20H2,1-2H3,(H2,21,22,24,25)/b13-8+,23-14-/t18-/m1/s1. The molecule has 146 valence electrons. The molecule has 1 atom stereocenters. The minimum Gasteiger partial charge on any atom is -0.465 e. The molecule has 2 aliphatic rings. The molecule has 0 radical (unpaired) electrons. The van der Waals surface area contributed by atoms with Crippen LogP contribution in [0.3, 0.4) is 0 Å². The molecule has 9 heteroatoms. The Kier molecular flexibility index (Phi) is 5.98. The number of allylic oxidation sites excluding steroid dienone is 1. The monoisotopic (exact) mass is 436 g/mol. The van der Waals surface area contributed by atoms with E-state index in [2.05, 4.69) is 36.5 Å². The number of hydrogen-bond donors (Lipinski definition) is 3. The van der Waals surface area contributed by atoms with Crippen molar-refractivity contribution >= 4 is 39.4 Å². The molecule has 2 fully saturated rings. The number of aliphatic imine (C=N–C) groups is 1. The molecule has 1 aliphatic heterocycles. The van der Waals surface area contributed by atoms with Crippen LogP contribution in [0.4, 0.5) is 11.8 Å². The third kappa shape index (κ3) is 4.58. The van der Waals surface area contributed by atoms with E-state index in [4.69, 9.17) is 15.5 Å². The largest absolute Gasteiger partial charge is 0.465 e. The second-order valence-corrected chi connectivity index (χ2v) is 7.90. The van der Waals surface area contributed by atoms with Gasteiger partial charge in [-0.15, -0.1) is 0 Å². The van der Waals surface area contributed by atoms with Gasteiger partial charge in [-0.25, -0.2) is 4.98 Å². The SMILES string of the molecule is CCNc1nc(NC(=C/N)/C(=N\C[C@@]2(C)CCOC2=O)C2CC2)ncc1Br. The predicted molar refractivity (Wildman–Crippen MR) is 108 cm³/mol. The minimum absolute atomic E-state index is 0.181. The van der Waals surface area contributed by atoms with Gasteiger partial charge in [0.15, 0.2) is 0 Å². The number of cyclic esters (lactones) is 1. The van der Waals surface area contributed by atoms with Gasteiger partial charge in [0.05, 0.1) is 34.4 Å². The van der Waals surface area contributed by atoms with Gasteiger partial charge in [-0.2, -0.15) is 4.98 Å². The molecule has 0 bridgehead atoms. The fraction of sp³-hybridized carbons (Fsp3) is 0.556. The van der Waals surface area contributed by atoms with E-state index in [1.54, 1.807) is 6.20 Å². The molecular formula is C18H25BrN6O2. The van der Waals surface area contributed by atoms with E-state index in [1.165, 1.54) is 6.20 Å². The number of anilines is 2. The first-order valence-corrected chi connectivity index (χ1v) is 9.93. The van der Waals surface area contributed by atoms with Crippen molar-refractivity contribution in [3.63, 3.8) is 0 Å². The van der Waals surface area contributed by atoms with Gasteiger partial charge in [0, 0.05) is 24.9 Å². The van der Waals surface area contributed by atoms with E-state index in [0.29, 0.717) is 43.0 Å². The first-order valence-electron chi connectivity index (χ1n) is 9.14. The number of nitrogens with zero attached hydrogens (tertiary/aromatic N) is 3. The lowest BCUT2D eigenvalue weighted by molar-refractivity contribution is -0.145. The van der Waals surface area contributed by atoms with E-state index in [0.717, 1.165) is 29.6 Å². The molecule has 0 amide bonds. The number of ether oxygens (including phenoxy) is 1. The Balaban J connectivity index is 1.79. The molecule has 0 unspecified atom stereocenters. The number of hydrogen-bond acceptors (Lipinski definition) is 8. The topological polar surface area (TPSA) is 115 Å². The van der Waals surface area contributed by atoms with Gasteiger partial charge >= 0.3 is 5.97 Å². The number of nitrogens with two attached hydrogens (primary N) is 1. The first kappa shape index (κ1) is 19.6. The Hall–Kier alpha value is -2.16. The second-order valence-electron chi connectivity index (χ2n) is 7.05. The summed E-state index contributed by atoms with van der Waals surface area (Å²) in [5.74, 6) is 1.30. The lowest BCUT2D eigenvalue weighted by Gasteiger charge is -2.18. The smallest absolute Gasteiger partial charge is 0.313 e. The van der Waals surface area contributed by atoms with E-state index >= 15 is 0 Å². The molecule has 1 aromatic rings. The summed E-state index contributed by atoms with van der Waals surface area (Å²) in [7, 11) is 0. The third-order valence-corrected chi connectivity index (χ3v) is 5.30. The highest BCUT2D eigenvalue weighted by Crippen LogP contribution is 2.35. The zero-order valence-electron chi connectivity index (χ0n) is 15.6. The van der Waals surface area contributed by atoms with Crippen LogP contribution in [0.2, 0.25) is 0 Å². The maximum Gasteiger partial charge on any atom is 0.313 e. The van der Waals surface area contributed by atoms with Crippen molar-refractivity contribution in [2.75, 3.05) is 30.3 Å². The van der Waals surface area contributed by atoms with Gasteiger partial charge in [0.2, 0.25) is 5.95 Å². The van der Waals surface area contributed by atoms with Gasteiger partial charge in [-0.1, -0.05) is 0 Å². The molecule has 1 saturated heterocycles. The summed E-state index contributed by atoms with van der Waals surface area (Å²) in [4.78, 5) is 25.5. The van der Waals surface area contributed by atoms with Crippen LogP contribution < -0.4 is 16.4 Å². The van der Waals surface area contributed by atoms with Crippen molar-refractivity contribution < 1.29 is 9.53 Å². The Morgan fingerprint density at radius 3 is 2.93 bits per heavy atom. The number of carbonyl (C=O) groups excluding carboxylic acids is 1. The zero-order valence-corrected chi connectivity index (χ0v) is 17.2. The van der Waals surface area contributed by atoms with Crippen LogP contribution in [0.1, 0.15) is 33.1 Å². The average molecular weight is 437 g/mol. The molecule has 0 aromatic carbocycles. The van der Waals surface area contributed by atoms with Crippen molar-refractivity contribution in [3.05, 3.63) is 22.6 Å². The van der Waals surface area contributed by atoms with Crippen molar-refractivity contribution in [2.45, 2.75) is 33.1 Å². The van der Waals surface area contributed by atoms with Crippen LogP contribution >= 0.6 is 15.9 Å². The Morgan fingerprint density at radius 2 is 2.33 bits per heavy atom. The third-order valence-electron chi connectivity index (χ3n) is 4.72. The van der Waals surface area contributed by atoms with Crippen molar-refractivity contribution in [1.82, 2.24) is 9.97 Å². The van der Waals surface area contributed by atoms with E-state index < -0.39 is 5.41 Å². The van der Waals surface area contributed by atoms with Crippen molar-refractivity contribution in [3.8, 4) is 0 Å². The highest BCUT2D eigenvalue weighted by Gasteiger charge is 2.40. The highest BCUT2D eigenvalue weighted by molar-refractivity contribution is 9.10. The van der Waals surface area contributed by atoms with Crippen LogP contribution in [-0.4, -0.2) is 41.3 Å². The molecule has 8 nitrogen and oxygen atoms in total. The second kappa shape index (κ2) is 8.24. The van der Waals surface area contributed by atoms with Crippen LogP contribution in [-0.2, 0) is 9.53 Å². The Bertz CT molecular complexity index is 777. The maximum atomic E-state index is 12.0. The summed E-state index contributed by atoms with van der Waals surface area (Å²) in [6.07, 6.45) is 5.98. The van der Waals surface area contributed by atoms with E-state index in [9.17, 15) is 4.79 Å². The summed E-state index contributed by atoms with van der Waals surface area (Å²) in [6.45, 7) is 5.50. The van der Waals surface area contributed by atoms with E-state index in [-0.39, 0.29) is 5.97 Å². The first-order chi connectivity index (χ1) is 13.0. The molecule has 27 heavy (non-hydrogen) atoms. The lowest BCUT2D eigenvalue weighted by Crippen LogP contribution is -2.27. The Labute approximate surface area is 167 Å². The normalized spacial score (nSPS) is 23.3. The van der Waals surface area contributed by atoms with Crippen LogP contribution in [0.5, 0.6) is 0 Å². The molecule has 0 spiro atoms. The Morgan fingerprint density at radius 1 is 1.56 bits per heavy atom. The fourth-order valence-electron chi connectivity index (χ4n) is 2.87. The molecule has 2 heterocycles. The number of aromatic nitrogens is 2. The van der Waals surface area contributed by atoms with Crippen LogP contribution in [0, 0.1) is 11.3 Å².